The third-order valence-electron chi connectivity index (χ3n) is 2.20. The number of nitriles is 2. The number of ether oxygens (including phenoxy) is 1. The van der Waals surface area contributed by atoms with Crippen LogP contribution in [0.5, 0.6) is 0 Å². The highest BCUT2D eigenvalue weighted by Crippen LogP contribution is 2.37. The first kappa shape index (κ1) is 6.39. The zero-order valence-corrected chi connectivity index (χ0v) is 5.77. The summed E-state index contributed by atoms with van der Waals surface area (Å²) < 4.78 is 5.32. The maximum atomic E-state index is 8.67. The highest BCUT2D eigenvalue weighted by Gasteiger charge is 2.46. The predicted molar refractivity (Wildman–Crippen MR) is 36.0 cm³/mol. The Morgan fingerprint density at radius 2 is 1.45 bits per heavy atom. The van der Waals surface area contributed by atoms with Crippen LogP contribution in [-0.4, -0.2) is 12.2 Å². The molecule has 1 fully saturated rings. The van der Waals surface area contributed by atoms with Gasteiger partial charge in [-0.2, -0.15) is 10.5 Å². The van der Waals surface area contributed by atoms with Gasteiger partial charge in [0.1, 0.15) is 0 Å². The van der Waals surface area contributed by atoms with Crippen molar-refractivity contribution in [1.29, 1.82) is 10.5 Å². The Labute approximate surface area is 64.5 Å². The van der Waals surface area contributed by atoms with Crippen molar-refractivity contribution in [3.63, 3.8) is 0 Å². The highest BCUT2D eigenvalue weighted by atomic mass is 16.5. The van der Waals surface area contributed by atoms with Crippen LogP contribution in [0.15, 0.2) is 12.2 Å². The van der Waals surface area contributed by atoms with Gasteiger partial charge in [0.2, 0.25) is 0 Å². The molecule has 4 atom stereocenters. The fourth-order valence-electron chi connectivity index (χ4n) is 1.62. The highest BCUT2D eigenvalue weighted by molar-refractivity contribution is 5.23. The topological polar surface area (TPSA) is 56.8 Å². The molecule has 11 heavy (non-hydrogen) atoms. The van der Waals surface area contributed by atoms with Gasteiger partial charge in [-0.3, -0.25) is 0 Å². The van der Waals surface area contributed by atoms with Gasteiger partial charge in [-0.15, -0.1) is 0 Å². The summed E-state index contributed by atoms with van der Waals surface area (Å²) in [5.41, 5.74) is 0. The lowest BCUT2D eigenvalue weighted by Crippen LogP contribution is -2.20. The van der Waals surface area contributed by atoms with Crippen molar-refractivity contribution in [3.05, 3.63) is 12.2 Å². The molecule has 2 bridgehead atoms. The summed E-state index contributed by atoms with van der Waals surface area (Å²) in [6, 6.07) is 4.20. The van der Waals surface area contributed by atoms with Gasteiger partial charge in [0.05, 0.1) is 36.2 Å². The average molecular weight is 146 g/mol. The minimum atomic E-state index is -0.255. The lowest BCUT2D eigenvalue weighted by Gasteiger charge is -2.10. The summed E-state index contributed by atoms with van der Waals surface area (Å²) in [4.78, 5) is 0. The van der Waals surface area contributed by atoms with E-state index in [2.05, 4.69) is 12.1 Å². The van der Waals surface area contributed by atoms with E-state index in [1.54, 1.807) is 0 Å². The summed E-state index contributed by atoms with van der Waals surface area (Å²) >= 11 is 0. The molecule has 1 saturated heterocycles. The second kappa shape index (κ2) is 2.08. The van der Waals surface area contributed by atoms with Crippen LogP contribution in [0.2, 0.25) is 0 Å². The Hall–Kier alpha value is -1.32. The van der Waals surface area contributed by atoms with E-state index in [0.29, 0.717) is 0 Å². The maximum Gasteiger partial charge on any atom is 0.0948 e. The average Bonchev–Trinajstić information content (AvgIpc) is 2.60. The summed E-state index contributed by atoms with van der Waals surface area (Å²) in [6.07, 6.45) is 3.47. The van der Waals surface area contributed by atoms with Crippen LogP contribution >= 0.6 is 0 Å². The summed E-state index contributed by atoms with van der Waals surface area (Å²) in [6.45, 7) is 0. The third kappa shape index (κ3) is 0.691. The van der Waals surface area contributed by atoms with E-state index in [1.165, 1.54) is 0 Å². The van der Waals surface area contributed by atoms with E-state index >= 15 is 0 Å². The summed E-state index contributed by atoms with van der Waals surface area (Å²) in [5.74, 6) is -0.509. The Kier molecular flexibility index (Phi) is 1.21. The SMILES string of the molecule is N#C[C@@H]1[C@H](C#N)[C@H]2C=C[C@@H]1O2. The van der Waals surface area contributed by atoms with Crippen LogP contribution in [0.3, 0.4) is 0 Å². The molecule has 2 aliphatic rings. The molecular weight excluding hydrogens is 140 g/mol. The summed E-state index contributed by atoms with van der Waals surface area (Å²) in [5, 5.41) is 17.3. The van der Waals surface area contributed by atoms with Crippen molar-refractivity contribution in [2.45, 2.75) is 12.2 Å². The molecule has 3 nitrogen and oxygen atoms in total. The standard InChI is InChI=1S/C8H6N2O/c9-3-5-6(4-10)8-2-1-7(5)11-8/h1-2,5-8H/t5-,6+,7+,8-. The number of nitrogens with zero attached hydrogens (tertiary/aromatic N) is 2. The molecule has 2 rings (SSSR count). The minimum absolute atomic E-state index is 0.130. The molecule has 0 aromatic rings. The van der Waals surface area contributed by atoms with E-state index < -0.39 is 0 Å². The van der Waals surface area contributed by atoms with E-state index in [0.717, 1.165) is 0 Å². The van der Waals surface area contributed by atoms with Crippen LogP contribution in [0, 0.1) is 34.5 Å². The number of rotatable bonds is 0. The number of hydrogen-bond donors (Lipinski definition) is 0. The lowest BCUT2D eigenvalue weighted by molar-refractivity contribution is 0.110. The molecule has 0 spiro atoms. The summed E-state index contributed by atoms with van der Waals surface area (Å²) in [7, 11) is 0. The molecule has 0 radical (unpaired) electrons. The normalized spacial score (nSPS) is 45.3. The molecule has 2 heterocycles. The molecule has 2 aliphatic heterocycles. The largest absolute Gasteiger partial charge is 0.364 e. The zero-order valence-electron chi connectivity index (χ0n) is 5.77. The predicted octanol–water partition coefficient (Wildman–Crippen LogP) is 0.603. The molecule has 0 saturated carbocycles. The van der Waals surface area contributed by atoms with Crippen LogP contribution < -0.4 is 0 Å². The molecule has 0 aromatic heterocycles. The first-order valence-electron chi connectivity index (χ1n) is 3.50. The van der Waals surface area contributed by atoms with E-state index in [4.69, 9.17) is 15.3 Å². The quantitative estimate of drug-likeness (QED) is 0.470. The van der Waals surface area contributed by atoms with Gasteiger partial charge in [0.25, 0.3) is 0 Å². The smallest absolute Gasteiger partial charge is 0.0948 e. The molecule has 0 N–H and O–H groups in total. The molecule has 0 amide bonds. The van der Waals surface area contributed by atoms with Crippen LogP contribution in [0.4, 0.5) is 0 Å². The van der Waals surface area contributed by atoms with Crippen LogP contribution in [0.25, 0.3) is 0 Å². The third-order valence-corrected chi connectivity index (χ3v) is 2.20. The molecule has 0 aromatic carbocycles. The van der Waals surface area contributed by atoms with Crippen molar-refractivity contribution >= 4 is 0 Å². The van der Waals surface area contributed by atoms with Crippen molar-refractivity contribution in [3.8, 4) is 12.1 Å². The molecule has 54 valence electrons. The fraction of sp³-hybridized carbons (Fsp3) is 0.500. The number of hydrogen-bond acceptors (Lipinski definition) is 3. The van der Waals surface area contributed by atoms with Crippen LogP contribution in [0.1, 0.15) is 0 Å². The Morgan fingerprint density at radius 3 is 1.82 bits per heavy atom. The van der Waals surface area contributed by atoms with Gasteiger partial charge in [-0.1, -0.05) is 12.2 Å². The second-order valence-corrected chi connectivity index (χ2v) is 2.76. The Morgan fingerprint density at radius 1 is 1.00 bits per heavy atom. The minimum Gasteiger partial charge on any atom is -0.364 e. The van der Waals surface area contributed by atoms with Crippen LogP contribution in [-0.2, 0) is 4.74 Å². The maximum absolute atomic E-state index is 8.67. The van der Waals surface area contributed by atoms with Gasteiger partial charge < -0.3 is 4.74 Å². The van der Waals surface area contributed by atoms with Crippen molar-refractivity contribution in [2.75, 3.05) is 0 Å². The van der Waals surface area contributed by atoms with E-state index in [9.17, 15) is 0 Å². The lowest BCUT2D eigenvalue weighted by atomic mass is 9.85. The Bertz CT molecular complexity index is 255. The van der Waals surface area contributed by atoms with Gasteiger partial charge in [0, 0.05) is 0 Å². The van der Waals surface area contributed by atoms with Gasteiger partial charge in [-0.25, -0.2) is 0 Å². The molecule has 0 unspecified atom stereocenters. The first-order valence-corrected chi connectivity index (χ1v) is 3.50. The zero-order chi connectivity index (χ0) is 7.84. The van der Waals surface area contributed by atoms with Crippen molar-refractivity contribution < 1.29 is 4.74 Å². The van der Waals surface area contributed by atoms with E-state index in [1.807, 2.05) is 12.2 Å². The van der Waals surface area contributed by atoms with Crippen molar-refractivity contribution in [2.24, 2.45) is 11.8 Å². The first-order chi connectivity index (χ1) is 5.36. The van der Waals surface area contributed by atoms with Gasteiger partial charge in [0.15, 0.2) is 0 Å². The van der Waals surface area contributed by atoms with Gasteiger partial charge >= 0.3 is 0 Å². The second-order valence-electron chi connectivity index (χ2n) is 2.76. The van der Waals surface area contributed by atoms with Crippen molar-refractivity contribution in [1.82, 2.24) is 0 Å². The molecule has 3 heteroatoms. The van der Waals surface area contributed by atoms with E-state index in [-0.39, 0.29) is 24.0 Å². The molecular formula is C8H6N2O. The monoisotopic (exact) mass is 146 g/mol. The number of fused-ring (bicyclic) bond motifs is 2. The molecule has 0 aliphatic carbocycles. The van der Waals surface area contributed by atoms with Gasteiger partial charge in [-0.05, 0) is 0 Å². The Balaban J connectivity index is 2.32. The fourth-order valence-corrected chi connectivity index (χ4v) is 1.62.